The SMILES string of the molecule is C[C@@H]1CCCCC[C@H]1CC=O. The standard InChI is InChI=1S/C10H18O/c1-9-5-3-2-4-6-10(9)7-8-11/h8-10H,2-7H2,1H3/t9-,10+/m1/s1. The van der Waals surface area contributed by atoms with Crippen LogP contribution in [0.25, 0.3) is 0 Å². The summed E-state index contributed by atoms with van der Waals surface area (Å²) in [5, 5.41) is 0. The van der Waals surface area contributed by atoms with Crippen molar-refractivity contribution in [3.05, 3.63) is 0 Å². The highest BCUT2D eigenvalue weighted by atomic mass is 16.1. The summed E-state index contributed by atoms with van der Waals surface area (Å²) in [6.45, 7) is 2.29. The van der Waals surface area contributed by atoms with Crippen molar-refractivity contribution in [3.63, 3.8) is 0 Å². The summed E-state index contributed by atoms with van der Waals surface area (Å²) in [6, 6.07) is 0. The average molecular weight is 154 g/mol. The van der Waals surface area contributed by atoms with Crippen LogP contribution in [0.1, 0.15) is 45.4 Å². The zero-order valence-corrected chi connectivity index (χ0v) is 7.38. The van der Waals surface area contributed by atoms with Crippen molar-refractivity contribution < 1.29 is 4.79 Å². The Kier molecular flexibility index (Phi) is 3.61. The first kappa shape index (κ1) is 8.76. The number of aldehydes is 1. The second-order valence-electron chi connectivity index (χ2n) is 3.78. The molecule has 0 spiro atoms. The summed E-state index contributed by atoms with van der Waals surface area (Å²) in [5.41, 5.74) is 0. The molecule has 2 atom stereocenters. The molecule has 0 bridgehead atoms. The van der Waals surface area contributed by atoms with Crippen molar-refractivity contribution in [1.29, 1.82) is 0 Å². The number of rotatable bonds is 2. The molecular weight excluding hydrogens is 136 g/mol. The summed E-state index contributed by atoms with van der Waals surface area (Å²) in [7, 11) is 0. The molecule has 0 heterocycles. The molecule has 1 aliphatic carbocycles. The van der Waals surface area contributed by atoms with Crippen LogP contribution in [-0.2, 0) is 4.79 Å². The summed E-state index contributed by atoms with van der Waals surface area (Å²) >= 11 is 0. The highest BCUT2D eigenvalue weighted by molar-refractivity contribution is 5.49. The molecule has 0 aromatic heterocycles. The molecule has 0 unspecified atom stereocenters. The molecule has 0 N–H and O–H groups in total. The van der Waals surface area contributed by atoms with E-state index in [1.165, 1.54) is 32.1 Å². The largest absolute Gasteiger partial charge is 0.303 e. The third-order valence-electron chi connectivity index (χ3n) is 2.94. The fraction of sp³-hybridized carbons (Fsp3) is 0.900. The molecule has 1 fully saturated rings. The van der Waals surface area contributed by atoms with Gasteiger partial charge in [0.2, 0.25) is 0 Å². The predicted octanol–water partition coefficient (Wildman–Crippen LogP) is 2.79. The van der Waals surface area contributed by atoms with Crippen LogP contribution in [0.15, 0.2) is 0 Å². The van der Waals surface area contributed by atoms with E-state index in [1.807, 2.05) is 0 Å². The van der Waals surface area contributed by atoms with Gasteiger partial charge in [-0.15, -0.1) is 0 Å². The Morgan fingerprint density at radius 1 is 1.27 bits per heavy atom. The number of hydrogen-bond donors (Lipinski definition) is 0. The molecule has 0 radical (unpaired) electrons. The van der Waals surface area contributed by atoms with Crippen LogP contribution in [0, 0.1) is 11.8 Å². The molecular formula is C10H18O. The molecule has 1 heteroatoms. The normalized spacial score (nSPS) is 32.8. The highest BCUT2D eigenvalue weighted by Gasteiger charge is 2.18. The number of carbonyl (C=O) groups is 1. The van der Waals surface area contributed by atoms with Crippen molar-refractivity contribution in [1.82, 2.24) is 0 Å². The van der Waals surface area contributed by atoms with Gasteiger partial charge in [-0.25, -0.2) is 0 Å². The average Bonchev–Trinajstić information content (AvgIpc) is 2.18. The van der Waals surface area contributed by atoms with E-state index in [1.54, 1.807) is 0 Å². The molecule has 0 aromatic carbocycles. The van der Waals surface area contributed by atoms with E-state index in [-0.39, 0.29) is 0 Å². The Hall–Kier alpha value is -0.330. The summed E-state index contributed by atoms with van der Waals surface area (Å²) in [6.07, 6.45) is 8.57. The van der Waals surface area contributed by atoms with Crippen LogP contribution in [0.4, 0.5) is 0 Å². The molecule has 64 valence electrons. The second kappa shape index (κ2) is 4.53. The fourth-order valence-corrected chi connectivity index (χ4v) is 2.04. The topological polar surface area (TPSA) is 17.1 Å². The number of hydrogen-bond acceptors (Lipinski definition) is 1. The lowest BCUT2D eigenvalue weighted by Crippen LogP contribution is -2.10. The first-order valence-corrected chi connectivity index (χ1v) is 4.78. The van der Waals surface area contributed by atoms with E-state index in [4.69, 9.17) is 0 Å². The van der Waals surface area contributed by atoms with E-state index in [2.05, 4.69) is 6.92 Å². The van der Waals surface area contributed by atoms with Gasteiger partial charge in [-0.05, 0) is 18.3 Å². The van der Waals surface area contributed by atoms with Gasteiger partial charge in [0.05, 0.1) is 0 Å². The first-order chi connectivity index (χ1) is 5.34. The van der Waals surface area contributed by atoms with Crippen LogP contribution < -0.4 is 0 Å². The van der Waals surface area contributed by atoms with Gasteiger partial charge in [-0.3, -0.25) is 0 Å². The van der Waals surface area contributed by atoms with Gasteiger partial charge in [0.1, 0.15) is 6.29 Å². The maximum absolute atomic E-state index is 10.3. The second-order valence-corrected chi connectivity index (χ2v) is 3.78. The van der Waals surface area contributed by atoms with Gasteiger partial charge in [0.25, 0.3) is 0 Å². The lowest BCUT2D eigenvalue weighted by Gasteiger charge is -2.17. The summed E-state index contributed by atoms with van der Waals surface area (Å²) in [4.78, 5) is 10.3. The van der Waals surface area contributed by atoms with E-state index < -0.39 is 0 Å². The van der Waals surface area contributed by atoms with Crippen LogP contribution >= 0.6 is 0 Å². The van der Waals surface area contributed by atoms with Gasteiger partial charge in [-0.1, -0.05) is 32.6 Å². The van der Waals surface area contributed by atoms with Crippen molar-refractivity contribution in [2.45, 2.75) is 45.4 Å². The first-order valence-electron chi connectivity index (χ1n) is 4.78. The van der Waals surface area contributed by atoms with Crippen LogP contribution in [0.2, 0.25) is 0 Å². The summed E-state index contributed by atoms with van der Waals surface area (Å²) in [5.74, 6) is 1.47. The lowest BCUT2D eigenvalue weighted by atomic mass is 9.87. The molecule has 1 saturated carbocycles. The minimum atomic E-state index is 0.690. The van der Waals surface area contributed by atoms with Crippen LogP contribution in [-0.4, -0.2) is 6.29 Å². The number of carbonyl (C=O) groups excluding carboxylic acids is 1. The molecule has 1 aliphatic rings. The zero-order chi connectivity index (χ0) is 8.10. The Morgan fingerprint density at radius 2 is 2.00 bits per heavy atom. The third-order valence-corrected chi connectivity index (χ3v) is 2.94. The van der Waals surface area contributed by atoms with Gasteiger partial charge in [-0.2, -0.15) is 0 Å². The van der Waals surface area contributed by atoms with Crippen molar-refractivity contribution in [2.24, 2.45) is 11.8 Å². The van der Waals surface area contributed by atoms with Crippen LogP contribution in [0.5, 0.6) is 0 Å². The molecule has 0 aliphatic heterocycles. The fourth-order valence-electron chi connectivity index (χ4n) is 2.04. The van der Waals surface area contributed by atoms with Gasteiger partial charge >= 0.3 is 0 Å². The van der Waals surface area contributed by atoms with E-state index in [0.717, 1.165) is 18.6 Å². The van der Waals surface area contributed by atoms with Crippen molar-refractivity contribution in [2.75, 3.05) is 0 Å². The van der Waals surface area contributed by atoms with E-state index in [0.29, 0.717) is 5.92 Å². The van der Waals surface area contributed by atoms with Gasteiger partial charge in [0, 0.05) is 6.42 Å². The maximum Gasteiger partial charge on any atom is 0.120 e. The molecule has 0 aromatic rings. The monoisotopic (exact) mass is 154 g/mol. The minimum absolute atomic E-state index is 0.690. The molecule has 1 rings (SSSR count). The Labute approximate surface area is 69.2 Å². The Balaban J connectivity index is 2.38. The lowest BCUT2D eigenvalue weighted by molar-refractivity contribution is -0.109. The van der Waals surface area contributed by atoms with Gasteiger partial charge in [0.15, 0.2) is 0 Å². The zero-order valence-electron chi connectivity index (χ0n) is 7.38. The van der Waals surface area contributed by atoms with E-state index in [9.17, 15) is 4.79 Å². The third kappa shape index (κ3) is 2.64. The maximum atomic E-state index is 10.3. The Bertz CT molecular complexity index is 120. The highest BCUT2D eigenvalue weighted by Crippen LogP contribution is 2.29. The Morgan fingerprint density at radius 3 is 2.73 bits per heavy atom. The minimum Gasteiger partial charge on any atom is -0.303 e. The van der Waals surface area contributed by atoms with Crippen molar-refractivity contribution >= 4 is 6.29 Å². The molecule has 1 nitrogen and oxygen atoms in total. The van der Waals surface area contributed by atoms with E-state index >= 15 is 0 Å². The van der Waals surface area contributed by atoms with Gasteiger partial charge < -0.3 is 4.79 Å². The van der Waals surface area contributed by atoms with Crippen LogP contribution in [0.3, 0.4) is 0 Å². The summed E-state index contributed by atoms with van der Waals surface area (Å²) < 4.78 is 0. The molecule has 0 saturated heterocycles. The quantitative estimate of drug-likeness (QED) is 0.441. The molecule has 11 heavy (non-hydrogen) atoms. The smallest absolute Gasteiger partial charge is 0.120 e. The molecule has 0 amide bonds. The predicted molar refractivity (Wildman–Crippen MR) is 46.4 cm³/mol. The van der Waals surface area contributed by atoms with Crippen molar-refractivity contribution in [3.8, 4) is 0 Å².